The van der Waals surface area contributed by atoms with Crippen LogP contribution >= 0.6 is 0 Å². The fourth-order valence-corrected chi connectivity index (χ4v) is 5.46. The first-order valence-corrected chi connectivity index (χ1v) is 10.7. The van der Waals surface area contributed by atoms with Gasteiger partial charge in [-0.1, -0.05) is 56.2 Å². The molecule has 2 aliphatic carbocycles. The van der Waals surface area contributed by atoms with Crippen molar-refractivity contribution in [2.24, 2.45) is 17.8 Å². The minimum absolute atomic E-state index is 0.595. The second-order valence-electron chi connectivity index (χ2n) is 8.81. The molecule has 0 aliphatic heterocycles. The third-order valence-electron chi connectivity index (χ3n) is 7.23. The number of hydrogen-bond acceptors (Lipinski definition) is 0. The van der Waals surface area contributed by atoms with Gasteiger partial charge in [0.05, 0.1) is 5.56 Å². The Balaban J connectivity index is 1.42. The first-order valence-electron chi connectivity index (χ1n) is 10.7. The summed E-state index contributed by atoms with van der Waals surface area (Å²) in [5, 5.41) is 0. The van der Waals surface area contributed by atoms with E-state index in [1.807, 2.05) is 0 Å². The summed E-state index contributed by atoms with van der Waals surface area (Å²) in [5.41, 5.74) is 2.62. The zero-order valence-electron chi connectivity index (χ0n) is 16.5. The van der Waals surface area contributed by atoms with Crippen LogP contribution in [0.2, 0.25) is 0 Å². The van der Waals surface area contributed by atoms with Crippen molar-refractivity contribution in [1.29, 1.82) is 0 Å². The molecule has 28 heavy (non-hydrogen) atoms. The molecule has 1 unspecified atom stereocenters. The zero-order valence-corrected chi connectivity index (χ0v) is 16.5. The Hall–Kier alpha value is -1.77. The Morgan fingerprint density at radius 3 is 1.93 bits per heavy atom. The fraction of sp³-hybridized carbons (Fsp3) is 0.520. The van der Waals surface area contributed by atoms with Gasteiger partial charge in [0.2, 0.25) is 0 Å². The molecular formula is C25H29F3. The van der Waals surface area contributed by atoms with Crippen LogP contribution in [-0.4, -0.2) is 0 Å². The lowest BCUT2D eigenvalue weighted by atomic mass is 9.63. The standard InChI is InChI=1S/C25H29F3/c1-2-17-3-4-23-16-22(10-9-21(23)15-17)20-7-5-18(6-8-20)19-11-13-24(14-12-19)25(26,27)28/h5-8,11-14,17,21-23H,2-4,9-10,15-16H2,1H3/t17?,21-,22-,23-/m1/s1. The summed E-state index contributed by atoms with van der Waals surface area (Å²) in [4.78, 5) is 0. The van der Waals surface area contributed by atoms with E-state index in [0.717, 1.165) is 41.0 Å². The number of halogens is 3. The van der Waals surface area contributed by atoms with Gasteiger partial charge in [-0.25, -0.2) is 0 Å². The van der Waals surface area contributed by atoms with Crippen LogP contribution in [0.5, 0.6) is 0 Å². The van der Waals surface area contributed by atoms with Crippen molar-refractivity contribution < 1.29 is 13.2 Å². The number of hydrogen-bond donors (Lipinski definition) is 0. The first kappa shape index (κ1) is 19.5. The topological polar surface area (TPSA) is 0 Å². The lowest BCUT2D eigenvalue weighted by Gasteiger charge is -2.42. The van der Waals surface area contributed by atoms with E-state index in [-0.39, 0.29) is 0 Å². The van der Waals surface area contributed by atoms with Crippen molar-refractivity contribution in [3.63, 3.8) is 0 Å². The van der Waals surface area contributed by atoms with Gasteiger partial charge in [0.15, 0.2) is 0 Å². The second-order valence-corrected chi connectivity index (χ2v) is 8.81. The normalized spacial score (nSPS) is 28.0. The van der Waals surface area contributed by atoms with Crippen LogP contribution in [0, 0.1) is 17.8 Å². The van der Waals surface area contributed by atoms with Gasteiger partial charge in [-0.2, -0.15) is 13.2 Å². The molecule has 150 valence electrons. The van der Waals surface area contributed by atoms with Crippen LogP contribution in [0.15, 0.2) is 48.5 Å². The molecule has 0 aromatic heterocycles. The third kappa shape index (κ3) is 4.14. The molecule has 2 aliphatic rings. The monoisotopic (exact) mass is 386 g/mol. The summed E-state index contributed by atoms with van der Waals surface area (Å²) in [6, 6.07) is 14.0. The highest BCUT2D eigenvalue weighted by atomic mass is 19.4. The van der Waals surface area contributed by atoms with Crippen LogP contribution in [0.4, 0.5) is 13.2 Å². The summed E-state index contributed by atoms with van der Waals surface area (Å²) in [5.74, 6) is 3.40. The largest absolute Gasteiger partial charge is 0.416 e. The summed E-state index contributed by atoms with van der Waals surface area (Å²) in [6.45, 7) is 2.33. The van der Waals surface area contributed by atoms with Gasteiger partial charge < -0.3 is 0 Å². The van der Waals surface area contributed by atoms with Gasteiger partial charge in [0.25, 0.3) is 0 Å². The molecule has 2 saturated carbocycles. The van der Waals surface area contributed by atoms with E-state index in [1.54, 1.807) is 12.1 Å². The van der Waals surface area contributed by atoms with Gasteiger partial charge in [-0.05, 0) is 84.6 Å². The molecule has 0 spiro atoms. The van der Waals surface area contributed by atoms with Gasteiger partial charge in [0.1, 0.15) is 0 Å². The molecule has 0 radical (unpaired) electrons. The molecule has 2 aromatic rings. The average Bonchev–Trinajstić information content (AvgIpc) is 2.72. The molecule has 0 heterocycles. The third-order valence-corrected chi connectivity index (χ3v) is 7.23. The Bertz CT molecular complexity index is 773. The first-order chi connectivity index (χ1) is 13.4. The number of alkyl halides is 3. The van der Waals surface area contributed by atoms with E-state index < -0.39 is 11.7 Å². The van der Waals surface area contributed by atoms with Crippen LogP contribution in [0.1, 0.15) is 68.9 Å². The van der Waals surface area contributed by atoms with Crippen LogP contribution in [0.3, 0.4) is 0 Å². The van der Waals surface area contributed by atoms with E-state index in [2.05, 4.69) is 31.2 Å². The maximum atomic E-state index is 12.7. The Kier molecular flexibility index (Phi) is 5.53. The average molecular weight is 387 g/mol. The van der Waals surface area contributed by atoms with E-state index in [4.69, 9.17) is 0 Å². The Morgan fingerprint density at radius 2 is 1.32 bits per heavy atom. The summed E-state index contributed by atoms with van der Waals surface area (Å²) < 4.78 is 38.2. The van der Waals surface area contributed by atoms with E-state index in [0.29, 0.717) is 5.92 Å². The van der Waals surface area contributed by atoms with Crippen LogP contribution in [0.25, 0.3) is 11.1 Å². The number of rotatable bonds is 3. The molecule has 0 saturated heterocycles. The van der Waals surface area contributed by atoms with Crippen molar-refractivity contribution in [2.45, 2.75) is 64.0 Å². The predicted octanol–water partition coefficient (Wildman–Crippen LogP) is 8.08. The lowest BCUT2D eigenvalue weighted by molar-refractivity contribution is -0.137. The second kappa shape index (κ2) is 7.93. The van der Waals surface area contributed by atoms with Crippen LogP contribution < -0.4 is 0 Å². The maximum Gasteiger partial charge on any atom is 0.416 e. The molecule has 4 rings (SSSR count). The van der Waals surface area contributed by atoms with Gasteiger partial charge in [-0.3, -0.25) is 0 Å². The summed E-state index contributed by atoms with van der Waals surface area (Å²) in [7, 11) is 0. The molecule has 2 aromatic carbocycles. The number of fused-ring (bicyclic) bond motifs is 1. The van der Waals surface area contributed by atoms with Crippen LogP contribution in [-0.2, 0) is 6.18 Å². The summed E-state index contributed by atoms with van der Waals surface area (Å²) in [6.07, 6.45) is 5.21. The van der Waals surface area contributed by atoms with Crippen molar-refractivity contribution in [3.8, 4) is 11.1 Å². The quantitative estimate of drug-likeness (QED) is 0.500. The Labute approximate surface area is 166 Å². The van der Waals surface area contributed by atoms with Crippen molar-refractivity contribution >= 4 is 0 Å². The van der Waals surface area contributed by atoms with E-state index >= 15 is 0 Å². The molecule has 0 amide bonds. The molecule has 0 bridgehead atoms. The van der Waals surface area contributed by atoms with E-state index in [1.165, 1.54) is 50.5 Å². The summed E-state index contributed by atoms with van der Waals surface area (Å²) >= 11 is 0. The molecule has 3 heteroatoms. The van der Waals surface area contributed by atoms with Gasteiger partial charge >= 0.3 is 6.18 Å². The molecule has 0 N–H and O–H groups in total. The van der Waals surface area contributed by atoms with Crippen molar-refractivity contribution in [1.82, 2.24) is 0 Å². The smallest absolute Gasteiger partial charge is 0.166 e. The van der Waals surface area contributed by atoms with E-state index in [9.17, 15) is 13.2 Å². The Morgan fingerprint density at radius 1 is 0.750 bits per heavy atom. The van der Waals surface area contributed by atoms with Gasteiger partial charge in [-0.15, -0.1) is 0 Å². The number of benzene rings is 2. The van der Waals surface area contributed by atoms with Crippen molar-refractivity contribution in [2.75, 3.05) is 0 Å². The molecule has 2 fully saturated rings. The fourth-order valence-electron chi connectivity index (χ4n) is 5.46. The highest BCUT2D eigenvalue weighted by molar-refractivity contribution is 5.64. The SMILES string of the molecule is CCC1CC[C@@H]2C[C@H](c3ccc(-c4ccc(C(F)(F)F)cc4)cc3)CC[C@@H]2C1. The molecular weight excluding hydrogens is 357 g/mol. The minimum Gasteiger partial charge on any atom is -0.166 e. The highest BCUT2D eigenvalue weighted by Gasteiger charge is 2.35. The maximum absolute atomic E-state index is 12.7. The predicted molar refractivity (Wildman–Crippen MR) is 108 cm³/mol. The lowest BCUT2D eigenvalue weighted by Crippen LogP contribution is -2.30. The minimum atomic E-state index is -4.28. The highest BCUT2D eigenvalue weighted by Crippen LogP contribution is 2.48. The molecule has 0 nitrogen and oxygen atoms in total. The zero-order chi connectivity index (χ0) is 19.7. The van der Waals surface area contributed by atoms with Crippen molar-refractivity contribution in [3.05, 3.63) is 59.7 Å². The molecule has 4 atom stereocenters. The van der Waals surface area contributed by atoms with Gasteiger partial charge in [0, 0.05) is 0 Å².